The van der Waals surface area contributed by atoms with Gasteiger partial charge in [0.15, 0.2) is 9.84 Å². The minimum atomic E-state index is -2.97. The molecule has 0 saturated carbocycles. The maximum Gasteiger partial charge on any atom is 0.153 e. The molecule has 2 fully saturated rings. The molecule has 0 bridgehead atoms. The number of halogens is 1. The standard InChI is InChI=1S/C12H12BrNO2S3/c1-12-7-19(15,16)6-10(12)18-11(17)14(12)9-4-2-3-8(13)5-9/h2-5,10H,6-7H2,1H3. The molecule has 102 valence electrons. The van der Waals surface area contributed by atoms with Crippen molar-refractivity contribution in [2.24, 2.45) is 0 Å². The Morgan fingerprint density at radius 2 is 2.26 bits per heavy atom. The zero-order valence-electron chi connectivity index (χ0n) is 10.2. The fourth-order valence-corrected chi connectivity index (χ4v) is 8.09. The summed E-state index contributed by atoms with van der Waals surface area (Å²) in [7, 11) is -2.97. The largest absolute Gasteiger partial charge is 0.319 e. The van der Waals surface area contributed by atoms with E-state index in [4.69, 9.17) is 12.2 Å². The Hall–Kier alpha value is -0.110. The van der Waals surface area contributed by atoms with Gasteiger partial charge in [-0.05, 0) is 25.1 Å². The number of hydrogen-bond donors (Lipinski definition) is 0. The molecule has 0 aromatic heterocycles. The van der Waals surface area contributed by atoms with Gasteiger partial charge in [-0.1, -0.05) is 46.0 Å². The molecule has 1 aromatic rings. The van der Waals surface area contributed by atoms with Crippen LogP contribution in [0.2, 0.25) is 0 Å². The monoisotopic (exact) mass is 377 g/mol. The highest BCUT2D eigenvalue weighted by molar-refractivity contribution is 9.10. The first-order chi connectivity index (χ1) is 8.82. The predicted molar refractivity (Wildman–Crippen MR) is 87.7 cm³/mol. The molecule has 7 heteroatoms. The maximum absolute atomic E-state index is 11.9. The third kappa shape index (κ3) is 2.24. The van der Waals surface area contributed by atoms with Crippen molar-refractivity contribution in [2.75, 3.05) is 16.4 Å². The quantitative estimate of drug-likeness (QED) is 0.703. The summed E-state index contributed by atoms with van der Waals surface area (Å²) in [6, 6.07) is 7.83. The smallest absolute Gasteiger partial charge is 0.153 e. The molecule has 2 unspecified atom stereocenters. The van der Waals surface area contributed by atoms with Gasteiger partial charge in [-0.15, -0.1) is 0 Å². The molecule has 0 radical (unpaired) electrons. The first-order valence-corrected chi connectivity index (χ1v) is 9.69. The fourth-order valence-electron chi connectivity index (χ4n) is 2.78. The van der Waals surface area contributed by atoms with Gasteiger partial charge in [-0.3, -0.25) is 0 Å². The van der Waals surface area contributed by atoms with Crippen LogP contribution in [0.4, 0.5) is 5.69 Å². The van der Waals surface area contributed by atoms with Crippen molar-refractivity contribution in [3.05, 3.63) is 28.7 Å². The lowest BCUT2D eigenvalue weighted by Crippen LogP contribution is -2.49. The number of fused-ring (bicyclic) bond motifs is 1. The van der Waals surface area contributed by atoms with Crippen molar-refractivity contribution >= 4 is 59.8 Å². The molecule has 2 aliphatic rings. The van der Waals surface area contributed by atoms with E-state index in [-0.39, 0.29) is 16.8 Å². The van der Waals surface area contributed by atoms with Crippen LogP contribution >= 0.6 is 39.9 Å². The van der Waals surface area contributed by atoms with Crippen molar-refractivity contribution in [3.63, 3.8) is 0 Å². The number of nitrogens with zero attached hydrogens (tertiary/aromatic N) is 1. The van der Waals surface area contributed by atoms with Crippen LogP contribution in [0.25, 0.3) is 0 Å². The molecular weight excluding hydrogens is 366 g/mol. The third-order valence-corrected chi connectivity index (χ3v) is 8.00. The molecule has 3 rings (SSSR count). The molecule has 0 spiro atoms. The molecule has 2 heterocycles. The van der Waals surface area contributed by atoms with E-state index < -0.39 is 15.4 Å². The second-order valence-corrected chi connectivity index (χ2v) is 9.96. The first kappa shape index (κ1) is 13.9. The molecule has 2 saturated heterocycles. The number of anilines is 1. The van der Waals surface area contributed by atoms with E-state index in [1.165, 1.54) is 11.8 Å². The van der Waals surface area contributed by atoms with E-state index in [1.807, 2.05) is 36.1 Å². The van der Waals surface area contributed by atoms with E-state index >= 15 is 0 Å². The second-order valence-electron chi connectivity index (χ2n) is 5.10. The minimum Gasteiger partial charge on any atom is -0.319 e. The number of hydrogen-bond acceptors (Lipinski definition) is 4. The van der Waals surface area contributed by atoms with Crippen LogP contribution in [0.5, 0.6) is 0 Å². The topological polar surface area (TPSA) is 37.4 Å². The van der Waals surface area contributed by atoms with Gasteiger partial charge >= 0.3 is 0 Å². The van der Waals surface area contributed by atoms with Crippen LogP contribution in [0.15, 0.2) is 28.7 Å². The third-order valence-electron chi connectivity index (χ3n) is 3.61. The number of benzene rings is 1. The van der Waals surface area contributed by atoms with Crippen molar-refractivity contribution in [2.45, 2.75) is 17.7 Å². The molecule has 0 amide bonds. The highest BCUT2D eigenvalue weighted by Crippen LogP contribution is 2.48. The van der Waals surface area contributed by atoms with Gasteiger partial charge in [0.2, 0.25) is 0 Å². The Morgan fingerprint density at radius 1 is 1.53 bits per heavy atom. The molecule has 19 heavy (non-hydrogen) atoms. The van der Waals surface area contributed by atoms with Crippen LogP contribution < -0.4 is 4.90 Å². The average Bonchev–Trinajstić information content (AvgIpc) is 2.60. The van der Waals surface area contributed by atoms with Gasteiger partial charge in [0.1, 0.15) is 4.32 Å². The van der Waals surface area contributed by atoms with E-state index in [1.54, 1.807) is 0 Å². The zero-order valence-corrected chi connectivity index (χ0v) is 14.2. The Bertz CT molecular complexity index is 661. The maximum atomic E-state index is 11.9. The summed E-state index contributed by atoms with van der Waals surface area (Å²) in [6.07, 6.45) is 0. The van der Waals surface area contributed by atoms with Crippen LogP contribution in [0, 0.1) is 0 Å². The van der Waals surface area contributed by atoms with Crippen molar-refractivity contribution in [3.8, 4) is 0 Å². The first-order valence-electron chi connectivity index (χ1n) is 5.79. The van der Waals surface area contributed by atoms with Crippen LogP contribution in [0.3, 0.4) is 0 Å². The van der Waals surface area contributed by atoms with Gasteiger partial charge in [-0.2, -0.15) is 0 Å². The van der Waals surface area contributed by atoms with Crippen molar-refractivity contribution in [1.82, 2.24) is 0 Å². The highest BCUT2D eigenvalue weighted by Gasteiger charge is 2.57. The molecule has 2 aliphatic heterocycles. The van der Waals surface area contributed by atoms with Gasteiger partial charge < -0.3 is 4.90 Å². The van der Waals surface area contributed by atoms with Crippen LogP contribution in [0.1, 0.15) is 6.92 Å². The van der Waals surface area contributed by atoms with E-state index in [0.29, 0.717) is 0 Å². The lowest BCUT2D eigenvalue weighted by molar-refractivity contribution is 0.550. The number of sulfone groups is 1. The van der Waals surface area contributed by atoms with Crippen molar-refractivity contribution < 1.29 is 8.42 Å². The molecule has 0 N–H and O–H groups in total. The molecule has 0 aliphatic carbocycles. The Labute approximate surface area is 130 Å². The molecular formula is C12H12BrNO2S3. The Morgan fingerprint density at radius 3 is 2.95 bits per heavy atom. The second kappa shape index (κ2) is 4.44. The Balaban J connectivity index is 2.08. The summed E-state index contributed by atoms with van der Waals surface area (Å²) in [4.78, 5) is 2.01. The van der Waals surface area contributed by atoms with Crippen LogP contribution in [-0.4, -0.2) is 35.0 Å². The number of thioether (sulfide) groups is 1. The molecule has 3 nitrogen and oxygen atoms in total. The highest BCUT2D eigenvalue weighted by atomic mass is 79.9. The van der Waals surface area contributed by atoms with E-state index in [9.17, 15) is 8.42 Å². The van der Waals surface area contributed by atoms with Gasteiger partial charge in [0.25, 0.3) is 0 Å². The van der Waals surface area contributed by atoms with Gasteiger partial charge in [0.05, 0.1) is 22.3 Å². The van der Waals surface area contributed by atoms with E-state index in [0.717, 1.165) is 14.5 Å². The van der Waals surface area contributed by atoms with E-state index in [2.05, 4.69) is 15.9 Å². The van der Waals surface area contributed by atoms with Gasteiger partial charge in [0, 0.05) is 10.2 Å². The number of thiocarbonyl (C=S) groups is 1. The summed E-state index contributed by atoms with van der Waals surface area (Å²) < 4.78 is 25.5. The molecule has 1 aromatic carbocycles. The summed E-state index contributed by atoms with van der Waals surface area (Å²) in [5, 5.41) is 0.0315. The summed E-state index contributed by atoms with van der Waals surface area (Å²) in [5.74, 6) is 0.392. The lowest BCUT2D eigenvalue weighted by atomic mass is 9.99. The average molecular weight is 378 g/mol. The predicted octanol–water partition coefficient (Wildman–Crippen LogP) is 2.84. The minimum absolute atomic E-state index is 0.0315. The molecule has 2 atom stereocenters. The van der Waals surface area contributed by atoms with Crippen molar-refractivity contribution in [1.29, 1.82) is 0 Å². The normalized spacial score (nSPS) is 32.6. The fraction of sp³-hybridized carbons (Fsp3) is 0.417. The SMILES string of the molecule is CC12CS(=O)(=O)CC1SC(=S)N2c1cccc(Br)c1. The zero-order chi connectivity index (χ0) is 13.8. The van der Waals surface area contributed by atoms with Gasteiger partial charge in [-0.25, -0.2) is 8.42 Å². The number of rotatable bonds is 1. The summed E-state index contributed by atoms with van der Waals surface area (Å²) in [6.45, 7) is 2.00. The summed E-state index contributed by atoms with van der Waals surface area (Å²) in [5.41, 5.74) is 0.524. The lowest BCUT2D eigenvalue weighted by Gasteiger charge is -2.34. The van der Waals surface area contributed by atoms with Crippen LogP contribution in [-0.2, 0) is 9.84 Å². The Kier molecular flexibility index (Phi) is 3.24. The summed E-state index contributed by atoms with van der Waals surface area (Å²) >= 11 is 10.4.